The summed E-state index contributed by atoms with van der Waals surface area (Å²) in [5, 5.41) is 3.59. The third-order valence-corrected chi connectivity index (χ3v) is 3.47. The van der Waals surface area contributed by atoms with Gasteiger partial charge < -0.3 is 10.1 Å². The van der Waals surface area contributed by atoms with Crippen molar-refractivity contribution in [3.05, 3.63) is 0 Å². The molecule has 0 amide bonds. The third kappa shape index (κ3) is 4.98. The largest absolute Gasteiger partial charge is 0.374 e. The molecule has 15 heavy (non-hydrogen) atoms. The summed E-state index contributed by atoms with van der Waals surface area (Å²) >= 11 is 0. The average molecular weight is 213 g/mol. The van der Waals surface area contributed by atoms with E-state index in [1.807, 2.05) is 0 Å². The molecule has 0 aromatic rings. The molecule has 0 radical (unpaired) electrons. The first kappa shape index (κ1) is 13.0. The molecule has 1 fully saturated rings. The second-order valence-corrected chi connectivity index (χ2v) is 5.20. The van der Waals surface area contributed by atoms with Crippen LogP contribution in [0.1, 0.15) is 53.4 Å². The normalized spacial score (nSPS) is 30.4. The fraction of sp³-hybridized carbons (Fsp3) is 1.00. The monoisotopic (exact) mass is 213 g/mol. The molecular weight excluding hydrogens is 186 g/mol. The predicted octanol–water partition coefficient (Wildman–Crippen LogP) is 2.97. The molecule has 1 aliphatic heterocycles. The van der Waals surface area contributed by atoms with Gasteiger partial charge in [0.25, 0.3) is 0 Å². The van der Waals surface area contributed by atoms with E-state index in [4.69, 9.17) is 4.74 Å². The van der Waals surface area contributed by atoms with E-state index in [0.29, 0.717) is 18.2 Å². The first-order chi connectivity index (χ1) is 7.11. The van der Waals surface area contributed by atoms with Crippen LogP contribution in [0.25, 0.3) is 0 Å². The first-order valence-corrected chi connectivity index (χ1v) is 6.50. The van der Waals surface area contributed by atoms with Crippen LogP contribution in [0.3, 0.4) is 0 Å². The maximum Gasteiger partial charge on any atom is 0.0704 e. The van der Waals surface area contributed by atoms with Crippen molar-refractivity contribution in [1.82, 2.24) is 5.32 Å². The lowest BCUT2D eigenvalue weighted by Gasteiger charge is -2.20. The second kappa shape index (κ2) is 6.49. The molecule has 0 aliphatic carbocycles. The van der Waals surface area contributed by atoms with Crippen LogP contribution in [-0.4, -0.2) is 24.8 Å². The minimum atomic E-state index is 0.458. The summed E-state index contributed by atoms with van der Waals surface area (Å²) in [6.45, 7) is 10.1. The van der Waals surface area contributed by atoms with Crippen LogP contribution in [0.15, 0.2) is 0 Å². The highest BCUT2D eigenvalue weighted by molar-refractivity contribution is 4.74. The Morgan fingerprint density at radius 3 is 2.60 bits per heavy atom. The van der Waals surface area contributed by atoms with E-state index in [9.17, 15) is 0 Å². The predicted molar refractivity (Wildman–Crippen MR) is 65.1 cm³/mol. The van der Waals surface area contributed by atoms with Crippen LogP contribution in [0.4, 0.5) is 0 Å². The van der Waals surface area contributed by atoms with Crippen LogP contribution >= 0.6 is 0 Å². The standard InChI is InChI=1S/C13H27NO/c1-5-10(2)8-11(3)14-9-13-7-6-12(4)15-13/h10-14H,5-9H2,1-4H3. The Bertz CT molecular complexity index is 172. The minimum Gasteiger partial charge on any atom is -0.374 e. The first-order valence-electron chi connectivity index (χ1n) is 6.50. The van der Waals surface area contributed by atoms with E-state index in [2.05, 4.69) is 33.0 Å². The SMILES string of the molecule is CCC(C)CC(C)NCC1CCC(C)O1. The minimum absolute atomic E-state index is 0.458. The molecule has 0 aromatic carbocycles. The summed E-state index contributed by atoms with van der Waals surface area (Å²) in [7, 11) is 0. The van der Waals surface area contributed by atoms with Gasteiger partial charge in [-0.15, -0.1) is 0 Å². The molecule has 90 valence electrons. The zero-order chi connectivity index (χ0) is 11.3. The van der Waals surface area contributed by atoms with E-state index in [-0.39, 0.29) is 0 Å². The maximum atomic E-state index is 5.78. The molecule has 1 rings (SSSR count). The number of rotatable bonds is 6. The molecule has 0 spiro atoms. The van der Waals surface area contributed by atoms with E-state index in [1.165, 1.54) is 25.7 Å². The van der Waals surface area contributed by atoms with Gasteiger partial charge in [-0.1, -0.05) is 20.3 Å². The molecule has 1 saturated heterocycles. The number of hydrogen-bond acceptors (Lipinski definition) is 2. The van der Waals surface area contributed by atoms with Gasteiger partial charge in [-0.2, -0.15) is 0 Å². The van der Waals surface area contributed by atoms with Crippen LogP contribution < -0.4 is 5.32 Å². The lowest BCUT2D eigenvalue weighted by molar-refractivity contribution is 0.0542. The Hall–Kier alpha value is -0.0800. The molecule has 2 nitrogen and oxygen atoms in total. The zero-order valence-electron chi connectivity index (χ0n) is 10.8. The van der Waals surface area contributed by atoms with Crippen LogP contribution in [-0.2, 0) is 4.74 Å². The van der Waals surface area contributed by atoms with Crippen molar-refractivity contribution in [3.8, 4) is 0 Å². The molecule has 1 heterocycles. The number of nitrogens with one attached hydrogen (secondary N) is 1. The molecule has 0 saturated carbocycles. The zero-order valence-corrected chi connectivity index (χ0v) is 10.8. The highest BCUT2D eigenvalue weighted by atomic mass is 16.5. The Labute approximate surface area is 94.8 Å². The van der Waals surface area contributed by atoms with Gasteiger partial charge in [-0.05, 0) is 39.0 Å². The lowest BCUT2D eigenvalue weighted by Crippen LogP contribution is -2.34. The molecule has 1 aliphatic rings. The molecule has 0 aromatic heterocycles. The Balaban J connectivity index is 2.08. The molecule has 0 bridgehead atoms. The second-order valence-electron chi connectivity index (χ2n) is 5.20. The molecule has 2 heteroatoms. The molecular formula is C13H27NO. The highest BCUT2D eigenvalue weighted by Crippen LogP contribution is 2.18. The Kier molecular flexibility index (Phi) is 5.62. The van der Waals surface area contributed by atoms with Crippen LogP contribution in [0, 0.1) is 5.92 Å². The van der Waals surface area contributed by atoms with Gasteiger partial charge in [0.05, 0.1) is 12.2 Å². The van der Waals surface area contributed by atoms with E-state index in [1.54, 1.807) is 0 Å². The van der Waals surface area contributed by atoms with Crippen molar-refractivity contribution in [2.75, 3.05) is 6.54 Å². The molecule has 4 unspecified atom stereocenters. The Morgan fingerprint density at radius 1 is 1.33 bits per heavy atom. The summed E-state index contributed by atoms with van der Waals surface area (Å²) in [6.07, 6.45) is 5.94. The van der Waals surface area contributed by atoms with Gasteiger partial charge in [0.15, 0.2) is 0 Å². The van der Waals surface area contributed by atoms with Crippen molar-refractivity contribution in [3.63, 3.8) is 0 Å². The fourth-order valence-corrected chi connectivity index (χ4v) is 2.22. The summed E-state index contributed by atoms with van der Waals surface area (Å²) in [5.41, 5.74) is 0. The topological polar surface area (TPSA) is 21.3 Å². The summed E-state index contributed by atoms with van der Waals surface area (Å²) < 4.78 is 5.78. The quantitative estimate of drug-likeness (QED) is 0.732. The number of ether oxygens (including phenoxy) is 1. The smallest absolute Gasteiger partial charge is 0.0704 e. The molecule has 4 atom stereocenters. The fourth-order valence-electron chi connectivity index (χ4n) is 2.22. The van der Waals surface area contributed by atoms with Gasteiger partial charge in [-0.25, -0.2) is 0 Å². The van der Waals surface area contributed by atoms with Gasteiger partial charge in [0.1, 0.15) is 0 Å². The van der Waals surface area contributed by atoms with Crippen molar-refractivity contribution in [1.29, 1.82) is 0 Å². The highest BCUT2D eigenvalue weighted by Gasteiger charge is 2.21. The Morgan fingerprint density at radius 2 is 2.07 bits per heavy atom. The van der Waals surface area contributed by atoms with Crippen molar-refractivity contribution in [2.24, 2.45) is 5.92 Å². The van der Waals surface area contributed by atoms with E-state index >= 15 is 0 Å². The molecule has 1 N–H and O–H groups in total. The van der Waals surface area contributed by atoms with E-state index in [0.717, 1.165) is 12.5 Å². The van der Waals surface area contributed by atoms with Gasteiger partial charge >= 0.3 is 0 Å². The third-order valence-electron chi connectivity index (χ3n) is 3.47. The van der Waals surface area contributed by atoms with Crippen molar-refractivity contribution in [2.45, 2.75) is 71.6 Å². The van der Waals surface area contributed by atoms with Gasteiger partial charge in [-0.3, -0.25) is 0 Å². The van der Waals surface area contributed by atoms with Gasteiger partial charge in [0, 0.05) is 12.6 Å². The van der Waals surface area contributed by atoms with Gasteiger partial charge in [0.2, 0.25) is 0 Å². The van der Waals surface area contributed by atoms with Crippen LogP contribution in [0.5, 0.6) is 0 Å². The van der Waals surface area contributed by atoms with Crippen molar-refractivity contribution < 1.29 is 4.74 Å². The lowest BCUT2D eigenvalue weighted by atomic mass is 10.0. The van der Waals surface area contributed by atoms with E-state index < -0.39 is 0 Å². The summed E-state index contributed by atoms with van der Waals surface area (Å²) in [4.78, 5) is 0. The van der Waals surface area contributed by atoms with Crippen molar-refractivity contribution >= 4 is 0 Å². The summed E-state index contributed by atoms with van der Waals surface area (Å²) in [5.74, 6) is 0.830. The summed E-state index contributed by atoms with van der Waals surface area (Å²) in [6, 6.07) is 0.624. The maximum absolute atomic E-state index is 5.78. The average Bonchev–Trinajstić information content (AvgIpc) is 2.61. The number of hydrogen-bond donors (Lipinski definition) is 1. The van der Waals surface area contributed by atoms with Crippen LogP contribution in [0.2, 0.25) is 0 Å².